The summed E-state index contributed by atoms with van der Waals surface area (Å²) in [5, 5.41) is 0. The van der Waals surface area contributed by atoms with Gasteiger partial charge in [-0.2, -0.15) is 0 Å². The van der Waals surface area contributed by atoms with Crippen LogP contribution in [-0.2, 0) is 0 Å². The first kappa shape index (κ1) is 14.9. The molecule has 6 heteroatoms. The molecule has 0 aromatic heterocycles. The Morgan fingerprint density at radius 3 is 2.40 bits per heavy atom. The molecular formula is C14H11BrF3NO. The number of hydrogen-bond acceptors (Lipinski definition) is 2. The zero-order valence-electron chi connectivity index (χ0n) is 10.5. The fourth-order valence-electron chi connectivity index (χ4n) is 1.83. The number of methoxy groups -OCH3 is 1. The number of nitrogens with two attached hydrogens (primary N) is 1. The lowest BCUT2D eigenvalue weighted by Gasteiger charge is -2.15. The number of ether oxygens (including phenoxy) is 1. The standard InChI is InChI=1S/C14H11BrF3NO/c1-20-13-4-7(2-3-10(13)16)14(19)8-5-12(18)9(15)6-11(8)17/h2-6,14H,19H2,1H3. The van der Waals surface area contributed by atoms with E-state index >= 15 is 0 Å². The van der Waals surface area contributed by atoms with Gasteiger partial charge < -0.3 is 10.5 Å². The summed E-state index contributed by atoms with van der Waals surface area (Å²) >= 11 is 2.89. The van der Waals surface area contributed by atoms with Crippen LogP contribution in [0, 0.1) is 17.5 Å². The largest absolute Gasteiger partial charge is 0.494 e. The molecule has 0 radical (unpaired) electrons. The average Bonchev–Trinajstić information content (AvgIpc) is 2.42. The number of rotatable bonds is 3. The maximum Gasteiger partial charge on any atom is 0.165 e. The van der Waals surface area contributed by atoms with Gasteiger partial charge in [-0.05, 0) is 45.8 Å². The minimum atomic E-state index is -0.924. The molecule has 2 rings (SSSR count). The van der Waals surface area contributed by atoms with Crippen molar-refractivity contribution in [1.82, 2.24) is 0 Å². The average molecular weight is 346 g/mol. The summed E-state index contributed by atoms with van der Waals surface area (Å²) in [6, 6.07) is 5.03. The second-order valence-corrected chi connectivity index (χ2v) is 5.01. The maximum absolute atomic E-state index is 13.8. The number of halogens is 4. The third-order valence-electron chi connectivity index (χ3n) is 2.91. The van der Waals surface area contributed by atoms with Crippen molar-refractivity contribution < 1.29 is 17.9 Å². The Kier molecular flexibility index (Phi) is 4.35. The molecule has 0 aliphatic carbocycles. The molecule has 0 saturated carbocycles. The highest BCUT2D eigenvalue weighted by atomic mass is 79.9. The highest BCUT2D eigenvalue weighted by molar-refractivity contribution is 9.10. The zero-order valence-corrected chi connectivity index (χ0v) is 12.0. The molecule has 106 valence electrons. The van der Waals surface area contributed by atoms with Gasteiger partial charge in [0, 0.05) is 5.56 Å². The highest BCUT2D eigenvalue weighted by Gasteiger charge is 2.18. The summed E-state index contributed by atoms with van der Waals surface area (Å²) in [6.45, 7) is 0. The molecule has 0 saturated heterocycles. The lowest BCUT2D eigenvalue weighted by molar-refractivity contribution is 0.385. The van der Waals surface area contributed by atoms with E-state index in [0.717, 1.165) is 12.1 Å². The molecule has 20 heavy (non-hydrogen) atoms. The molecule has 0 aliphatic heterocycles. The molecule has 0 aliphatic rings. The van der Waals surface area contributed by atoms with E-state index in [0.29, 0.717) is 5.56 Å². The predicted octanol–water partition coefficient (Wildman–Crippen LogP) is 3.92. The topological polar surface area (TPSA) is 35.2 Å². The first-order valence-electron chi connectivity index (χ1n) is 5.67. The molecule has 0 fully saturated rings. The summed E-state index contributed by atoms with van der Waals surface area (Å²) in [6.07, 6.45) is 0. The van der Waals surface area contributed by atoms with Crippen LogP contribution in [0.4, 0.5) is 13.2 Å². The van der Waals surface area contributed by atoms with E-state index < -0.39 is 23.5 Å². The first-order valence-corrected chi connectivity index (χ1v) is 6.46. The zero-order chi connectivity index (χ0) is 14.9. The van der Waals surface area contributed by atoms with Gasteiger partial charge >= 0.3 is 0 Å². The Labute approximate surface area is 122 Å². The second kappa shape index (κ2) is 5.85. The summed E-state index contributed by atoms with van der Waals surface area (Å²) in [5.74, 6) is -1.82. The maximum atomic E-state index is 13.8. The smallest absolute Gasteiger partial charge is 0.165 e. The van der Waals surface area contributed by atoms with E-state index in [-0.39, 0.29) is 15.8 Å². The molecule has 0 heterocycles. The summed E-state index contributed by atoms with van der Waals surface area (Å²) < 4.78 is 45.5. The van der Waals surface area contributed by atoms with Crippen LogP contribution in [0.2, 0.25) is 0 Å². The quantitative estimate of drug-likeness (QED) is 0.855. The first-order chi connectivity index (χ1) is 9.43. The minimum Gasteiger partial charge on any atom is -0.494 e. The Morgan fingerprint density at radius 2 is 1.75 bits per heavy atom. The third kappa shape index (κ3) is 2.81. The van der Waals surface area contributed by atoms with Gasteiger partial charge in [0.2, 0.25) is 0 Å². The van der Waals surface area contributed by atoms with Crippen molar-refractivity contribution in [2.75, 3.05) is 7.11 Å². The van der Waals surface area contributed by atoms with Gasteiger partial charge in [-0.1, -0.05) is 6.07 Å². The third-order valence-corrected chi connectivity index (χ3v) is 3.52. The van der Waals surface area contributed by atoms with Gasteiger partial charge in [-0.3, -0.25) is 0 Å². The van der Waals surface area contributed by atoms with E-state index in [1.165, 1.54) is 25.3 Å². The Morgan fingerprint density at radius 1 is 1.05 bits per heavy atom. The molecule has 0 bridgehead atoms. The SMILES string of the molecule is COc1cc(C(N)c2cc(F)c(Br)cc2F)ccc1F. The number of benzene rings is 2. The fourth-order valence-corrected chi connectivity index (χ4v) is 2.14. The molecule has 1 atom stereocenters. The van der Waals surface area contributed by atoms with Gasteiger partial charge in [0.05, 0.1) is 17.6 Å². The molecule has 1 unspecified atom stereocenters. The van der Waals surface area contributed by atoms with Crippen molar-refractivity contribution in [1.29, 1.82) is 0 Å². The lowest BCUT2D eigenvalue weighted by atomic mass is 9.98. The molecule has 2 aromatic carbocycles. The van der Waals surface area contributed by atoms with E-state index in [1.54, 1.807) is 0 Å². The van der Waals surface area contributed by atoms with E-state index in [9.17, 15) is 13.2 Å². The van der Waals surface area contributed by atoms with Crippen LogP contribution in [0.5, 0.6) is 5.75 Å². The minimum absolute atomic E-state index is 0.00376. The second-order valence-electron chi connectivity index (χ2n) is 4.16. The highest BCUT2D eigenvalue weighted by Crippen LogP contribution is 2.29. The van der Waals surface area contributed by atoms with Crippen LogP contribution in [0.1, 0.15) is 17.2 Å². The van der Waals surface area contributed by atoms with Crippen LogP contribution in [-0.4, -0.2) is 7.11 Å². The van der Waals surface area contributed by atoms with Crippen molar-refractivity contribution >= 4 is 15.9 Å². The molecule has 2 aromatic rings. The lowest BCUT2D eigenvalue weighted by Crippen LogP contribution is -2.14. The van der Waals surface area contributed by atoms with E-state index in [2.05, 4.69) is 15.9 Å². The fraction of sp³-hybridized carbons (Fsp3) is 0.143. The molecular weight excluding hydrogens is 335 g/mol. The monoisotopic (exact) mass is 345 g/mol. The van der Waals surface area contributed by atoms with Crippen LogP contribution < -0.4 is 10.5 Å². The summed E-state index contributed by atoms with van der Waals surface area (Å²) in [5.41, 5.74) is 6.32. The van der Waals surface area contributed by atoms with Gasteiger partial charge in [0.1, 0.15) is 11.6 Å². The summed E-state index contributed by atoms with van der Waals surface area (Å²) in [4.78, 5) is 0. The Balaban J connectivity index is 2.46. The van der Waals surface area contributed by atoms with Crippen molar-refractivity contribution in [2.45, 2.75) is 6.04 Å². The van der Waals surface area contributed by atoms with Crippen LogP contribution in [0.15, 0.2) is 34.8 Å². The Bertz CT molecular complexity index is 649. The normalized spacial score (nSPS) is 12.3. The summed E-state index contributed by atoms with van der Waals surface area (Å²) in [7, 11) is 1.31. The molecule has 0 spiro atoms. The van der Waals surface area contributed by atoms with Crippen LogP contribution in [0.3, 0.4) is 0 Å². The van der Waals surface area contributed by atoms with E-state index in [1.807, 2.05) is 0 Å². The van der Waals surface area contributed by atoms with E-state index in [4.69, 9.17) is 10.5 Å². The molecule has 2 nitrogen and oxygen atoms in total. The van der Waals surface area contributed by atoms with Crippen LogP contribution in [0.25, 0.3) is 0 Å². The van der Waals surface area contributed by atoms with Gasteiger partial charge in [-0.25, -0.2) is 13.2 Å². The van der Waals surface area contributed by atoms with Gasteiger partial charge in [0.25, 0.3) is 0 Å². The van der Waals surface area contributed by atoms with Gasteiger partial charge in [0.15, 0.2) is 11.6 Å². The van der Waals surface area contributed by atoms with Gasteiger partial charge in [-0.15, -0.1) is 0 Å². The number of hydrogen-bond donors (Lipinski definition) is 1. The van der Waals surface area contributed by atoms with Crippen molar-refractivity contribution in [2.24, 2.45) is 5.73 Å². The Hall–Kier alpha value is -1.53. The van der Waals surface area contributed by atoms with Crippen molar-refractivity contribution in [3.8, 4) is 5.75 Å². The molecule has 2 N–H and O–H groups in total. The molecule has 0 amide bonds. The van der Waals surface area contributed by atoms with Crippen molar-refractivity contribution in [3.05, 3.63) is 63.4 Å². The van der Waals surface area contributed by atoms with Crippen LogP contribution >= 0.6 is 15.9 Å². The predicted molar refractivity (Wildman–Crippen MR) is 73.0 cm³/mol. The van der Waals surface area contributed by atoms with Crippen molar-refractivity contribution in [3.63, 3.8) is 0 Å².